The van der Waals surface area contributed by atoms with E-state index >= 15 is 0 Å². The second-order valence-corrected chi connectivity index (χ2v) is 5.86. The van der Waals surface area contributed by atoms with Crippen molar-refractivity contribution in [3.05, 3.63) is 47.8 Å². The molecule has 3 aromatic rings. The highest BCUT2D eigenvalue weighted by atomic mass is 16.5. The van der Waals surface area contributed by atoms with E-state index < -0.39 is 0 Å². The first kappa shape index (κ1) is 17.7. The molecule has 0 atom stereocenters. The zero-order valence-corrected chi connectivity index (χ0v) is 15.6. The van der Waals surface area contributed by atoms with Gasteiger partial charge in [0.1, 0.15) is 11.6 Å². The summed E-state index contributed by atoms with van der Waals surface area (Å²) in [5.74, 6) is 3.23. The number of imidazole rings is 1. The van der Waals surface area contributed by atoms with Gasteiger partial charge >= 0.3 is 0 Å². The van der Waals surface area contributed by atoms with E-state index in [0.717, 1.165) is 28.6 Å². The molecule has 3 rings (SSSR count). The van der Waals surface area contributed by atoms with Gasteiger partial charge in [-0.15, -0.1) is 0 Å². The molecule has 136 valence electrons. The van der Waals surface area contributed by atoms with Crippen molar-refractivity contribution in [2.75, 3.05) is 21.3 Å². The molecule has 0 unspecified atom stereocenters. The molecule has 0 bridgehead atoms. The molecule has 1 aromatic carbocycles. The molecule has 0 saturated heterocycles. The third-order valence-corrected chi connectivity index (χ3v) is 3.98. The van der Waals surface area contributed by atoms with Crippen molar-refractivity contribution < 1.29 is 14.2 Å². The topological polar surface area (TPSA) is 71.3 Å². The van der Waals surface area contributed by atoms with Crippen LogP contribution in [0.15, 0.2) is 30.6 Å². The third-order valence-electron chi connectivity index (χ3n) is 3.98. The van der Waals surface area contributed by atoms with Gasteiger partial charge in [0.25, 0.3) is 0 Å². The van der Waals surface area contributed by atoms with E-state index in [1.807, 2.05) is 42.8 Å². The standard InChI is InChI=1S/C19H22N4O3/c1-12-8-13(2)22-17(21-12)11-23-7-6-20-19(23)14-9-15(24-3)18(26-5)16(10-14)25-4/h6-10H,11H2,1-5H3. The monoisotopic (exact) mass is 354 g/mol. The number of methoxy groups -OCH3 is 3. The Bertz CT molecular complexity index is 876. The summed E-state index contributed by atoms with van der Waals surface area (Å²) in [4.78, 5) is 13.5. The van der Waals surface area contributed by atoms with Crippen molar-refractivity contribution in [1.82, 2.24) is 19.5 Å². The average molecular weight is 354 g/mol. The molecule has 2 aromatic heterocycles. The van der Waals surface area contributed by atoms with Crippen LogP contribution in [0.1, 0.15) is 17.2 Å². The van der Waals surface area contributed by atoms with E-state index in [-0.39, 0.29) is 0 Å². The van der Waals surface area contributed by atoms with E-state index in [1.165, 1.54) is 0 Å². The van der Waals surface area contributed by atoms with Crippen molar-refractivity contribution in [3.8, 4) is 28.6 Å². The van der Waals surface area contributed by atoms with Gasteiger partial charge in [-0.3, -0.25) is 0 Å². The van der Waals surface area contributed by atoms with E-state index in [0.29, 0.717) is 23.8 Å². The largest absolute Gasteiger partial charge is 0.493 e. The summed E-state index contributed by atoms with van der Waals surface area (Å²) >= 11 is 0. The summed E-state index contributed by atoms with van der Waals surface area (Å²) in [6.45, 7) is 4.45. The minimum Gasteiger partial charge on any atom is -0.493 e. The van der Waals surface area contributed by atoms with Crippen LogP contribution >= 0.6 is 0 Å². The Balaban J connectivity index is 2.03. The molecule has 2 heterocycles. The number of hydrogen-bond donors (Lipinski definition) is 0. The summed E-state index contributed by atoms with van der Waals surface area (Å²) in [7, 11) is 4.77. The van der Waals surface area contributed by atoms with Gasteiger partial charge in [0.15, 0.2) is 11.5 Å². The number of rotatable bonds is 6. The van der Waals surface area contributed by atoms with Crippen LogP contribution in [0, 0.1) is 13.8 Å². The van der Waals surface area contributed by atoms with Gasteiger partial charge in [-0.05, 0) is 32.0 Å². The van der Waals surface area contributed by atoms with Crippen LogP contribution in [0.3, 0.4) is 0 Å². The Morgan fingerprint density at radius 2 is 1.50 bits per heavy atom. The van der Waals surface area contributed by atoms with Crippen LogP contribution in [0.2, 0.25) is 0 Å². The molecule has 0 aliphatic rings. The van der Waals surface area contributed by atoms with Gasteiger partial charge in [-0.2, -0.15) is 0 Å². The second-order valence-electron chi connectivity index (χ2n) is 5.86. The zero-order chi connectivity index (χ0) is 18.7. The molecule has 0 N–H and O–H groups in total. The lowest BCUT2D eigenvalue weighted by atomic mass is 10.1. The van der Waals surface area contributed by atoms with Crippen molar-refractivity contribution in [1.29, 1.82) is 0 Å². The summed E-state index contributed by atoms with van der Waals surface area (Å²) in [5.41, 5.74) is 2.75. The van der Waals surface area contributed by atoms with Gasteiger partial charge in [0, 0.05) is 29.3 Å². The molecule has 26 heavy (non-hydrogen) atoms. The first-order valence-electron chi connectivity index (χ1n) is 8.18. The number of ether oxygens (including phenoxy) is 3. The molecule has 0 saturated carbocycles. The lowest BCUT2D eigenvalue weighted by molar-refractivity contribution is 0.324. The normalized spacial score (nSPS) is 10.7. The molecule has 0 amide bonds. The Kier molecular flexibility index (Phi) is 5.06. The van der Waals surface area contributed by atoms with Crippen LogP contribution in [-0.2, 0) is 6.54 Å². The highest BCUT2D eigenvalue weighted by molar-refractivity contribution is 5.67. The molecule has 7 heteroatoms. The number of aromatic nitrogens is 4. The van der Waals surface area contributed by atoms with Crippen molar-refractivity contribution >= 4 is 0 Å². The molecular formula is C19H22N4O3. The maximum atomic E-state index is 5.44. The first-order valence-corrected chi connectivity index (χ1v) is 8.18. The molecule has 0 fully saturated rings. The highest BCUT2D eigenvalue weighted by Gasteiger charge is 2.17. The molecule has 0 aliphatic heterocycles. The van der Waals surface area contributed by atoms with Crippen molar-refractivity contribution in [2.24, 2.45) is 0 Å². The van der Waals surface area contributed by atoms with Gasteiger partial charge in [-0.25, -0.2) is 15.0 Å². The predicted octanol–water partition coefficient (Wildman–Crippen LogP) is 3.03. The summed E-state index contributed by atoms with van der Waals surface area (Å²) in [5, 5.41) is 0. The highest BCUT2D eigenvalue weighted by Crippen LogP contribution is 2.40. The van der Waals surface area contributed by atoms with E-state index in [4.69, 9.17) is 14.2 Å². The lowest BCUT2D eigenvalue weighted by Gasteiger charge is -2.15. The van der Waals surface area contributed by atoms with Crippen LogP contribution in [-0.4, -0.2) is 40.8 Å². The third kappa shape index (κ3) is 3.46. The minimum atomic E-state index is 0.522. The smallest absolute Gasteiger partial charge is 0.203 e. The number of hydrogen-bond acceptors (Lipinski definition) is 6. The fraction of sp³-hybridized carbons (Fsp3) is 0.316. The van der Waals surface area contributed by atoms with Crippen LogP contribution in [0.4, 0.5) is 0 Å². The fourth-order valence-electron chi connectivity index (χ4n) is 2.93. The number of aryl methyl sites for hydroxylation is 2. The van der Waals surface area contributed by atoms with Crippen LogP contribution < -0.4 is 14.2 Å². The number of nitrogens with zero attached hydrogens (tertiary/aromatic N) is 4. The van der Waals surface area contributed by atoms with Gasteiger partial charge in [0.2, 0.25) is 5.75 Å². The predicted molar refractivity (Wildman–Crippen MR) is 97.9 cm³/mol. The second kappa shape index (κ2) is 7.43. The van der Waals surface area contributed by atoms with Crippen LogP contribution in [0.25, 0.3) is 11.4 Å². The summed E-state index contributed by atoms with van der Waals surface area (Å²) in [6.07, 6.45) is 3.65. The molecule has 0 spiro atoms. The SMILES string of the molecule is COc1cc(-c2nccn2Cc2nc(C)cc(C)n2)cc(OC)c1OC. The average Bonchev–Trinajstić information content (AvgIpc) is 3.07. The quantitative estimate of drug-likeness (QED) is 0.678. The Labute approximate surface area is 152 Å². The molecular weight excluding hydrogens is 332 g/mol. The van der Waals surface area contributed by atoms with Crippen molar-refractivity contribution in [2.45, 2.75) is 20.4 Å². The lowest BCUT2D eigenvalue weighted by Crippen LogP contribution is -2.07. The maximum absolute atomic E-state index is 5.44. The molecule has 0 radical (unpaired) electrons. The Morgan fingerprint density at radius 1 is 0.885 bits per heavy atom. The van der Waals surface area contributed by atoms with Gasteiger partial charge in [0.05, 0.1) is 27.9 Å². The number of benzene rings is 1. The van der Waals surface area contributed by atoms with E-state index in [9.17, 15) is 0 Å². The van der Waals surface area contributed by atoms with E-state index in [2.05, 4.69) is 15.0 Å². The van der Waals surface area contributed by atoms with Gasteiger partial charge in [-0.1, -0.05) is 0 Å². The van der Waals surface area contributed by atoms with Crippen LogP contribution in [0.5, 0.6) is 17.2 Å². The summed E-state index contributed by atoms with van der Waals surface area (Å²) in [6, 6.07) is 5.71. The fourth-order valence-corrected chi connectivity index (χ4v) is 2.93. The minimum absolute atomic E-state index is 0.522. The first-order chi connectivity index (χ1) is 12.5. The van der Waals surface area contributed by atoms with Gasteiger partial charge < -0.3 is 18.8 Å². The Morgan fingerprint density at radius 3 is 2.04 bits per heavy atom. The Hall–Kier alpha value is -3.09. The van der Waals surface area contributed by atoms with Crippen molar-refractivity contribution in [3.63, 3.8) is 0 Å². The van der Waals surface area contributed by atoms with E-state index in [1.54, 1.807) is 27.5 Å². The molecule has 7 nitrogen and oxygen atoms in total. The maximum Gasteiger partial charge on any atom is 0.203 e. The summed E-state index contributed by atoms with van der Waals surface area (Å²) < 4.78 is 18.3. The molecule has 0 aliphatic carbocycles. The zero-order valence-electron chi connectivity index (χ0n) is 15.6.